The lowest BCUT2D eigenvalue weighted by Crippen LogP contribution is -2.28. The molecular weight excluding hydrogens is 242 g/mol. The molecule has 1 heterocycles. The van der Waals surface area contributed by atoms with Crippen LogP contribution in [0.4, 0.5) is 0 Å². The fraction of sp³-hybridized carbons (Fsp3) is 0.500. The SMILES string of the molecule is NOCc1ccc(OC2CCCOC2)c(Cl)c1. The zero-order valence-electron chi connectivity index (χ0n) is 9.52. The number of ether oxygens (including phenoxy) is 2. The van der Waals surface area contributed by atoms with Crippen molar-refractivity contribution in [3.8, 4) is 5.75 Å². The maximum absolute atomic E-state index is 6.12. The second-order valence-electron chi connectivity index (χ2n) is 4.03. The topological polar surface area (TPSA) is 53.7 Å². The van der Waals surface area contributed by atoms with E-state index in [1.54, 1.807) is 6.07 Å². The number of hydrogen-bond acceptors (Lipinski definition) is 4. The molecule has 4 nitrogen and oxygen atoms in total. The van der Waals surface area contributed by atoms with E-state index in [1.807, 2.05) is 12.1 Å². The molecule has 1 aromatic rings. The molecule has 17 heavy (non-hydrogen) atoms. The first-order valence-corrected chi connectivity index (χ1v) is 6.02. The highest BCUT2D eigenvalue weighted by Crippen LogP contribution is 2.28. The van der Waals surface area contributed by atoms with Crippen LogP contribution in [0, 0.1) is 0 Å². The molecule has 1 unspecified atom stereocenters. The molecule has 0 saturated carbocycles. The van der Waals surface area contributed by atoms with Gasteiger partial charge in [0.05, 0.1) is 18.2 Å². The van der Waals surface area contributed by atoms with Gasteiger partial charge < -0.3 is 9.47 Å². The Labute approximate surface area is 106 Å². The van der Waals surface area contributed by atoms with Gasteiger partial charge in [0.15, 0.2) is 0 Å². The maximum atomic E-state index is 6.12. The van der Waals surface area contributed by atoms with Crippen LogP contribution in [-0.2, 0) is 16.2 Å². The van der Waals surface area contributed by atoms with Gasteiger partial charge in [0.25, 0.3) is 0 Å². The van der Waals surface area contributed by atoms with Crippen LogP contribution in [0.2, 0.25) is 5.02 Å². The summed E-state index contributed by atoms with van der Waals surface area (Å²) in [5.74, 6) is 5.69. The summed E-state index contributed by atoms with van der Waals surface area (Å²) >= 11 is 6.12. The molecule has 94 valence electrons. The van der Waals surface area contributed by atoms with E-state index in [0.717, 1.165) is 25.0 Å². The third-order valence-electron chi connectivity index (χ3n) is 2.66. The Balaban J connectivity index is 2.00. The lowest BCUT2D eigenvalue weighted by atomic mass is 10.1. The van der Waals surface area contributed by atoms with E-state index in [0.29, 0.717) is 24.0 Å². The number of nitrogens with two attached hydrogens (primary N) is 1. The molecule has 2 rings (SSSR count). The van der Waals surface area contributed by atoms with E-state index in [1.165, 1.54) is 0 Å². The summed E-state index contributed by atoms with van der Waals surface area (Å²) in [6.07, 6.45) is 2.13. The molecule has 1 atom stereocenters. The largest absolute Gasteiger partial charge is 0.486 e. The van der Waals surface area contributed by atoms with Gasteiger partial charge in [-0.2, -0.15) is 0 Å². The predicted molar refractivity (Wildman–Crippen MR) is 64.9 cm³/mol. The molecule has 0 bridgehead atoms. The fourth-order valence-corrected chi connectivity index (χ4v) is 2.06. The first-order chi connectivity index (χ1) is 8.29. The molecule has 0 radical (unpaired) electrons. The van der Waals surface area contributed by atoms with Crippen molar-refractivity contribution in [3.05, 3.63) is 28.8 Å². The molecule has 1 fully saturated rings. The molecule has 5 heteroatoms. The molecule has 0 spiro atoms. The lowest BCUT2D eigenvalue weighted by Gasteiger charge is -2.23. The van der Waals surface area contributed by atoms with Crippen LogP contribution >= 0.6 is 11.6 Å². The highest BCUT2D eigenvalue weighted by molar-refractivity contribution is 6.32. The fourth-order valence-electron chi connectivity index (χ4n) is 1.81. The summed E-state index contributed by atoms with van der Waals surface area (Å²) in [5.41, 5.74) is 0.921. The van der Waals surface area contributed by atoms with Crippen molar-refractivity contribution in [1.29, 1.82) is 0 Å². The Morgan fingerprint density at radius 3 is 3.00 bits per heavy atom. The Morgan fingerprint density at radius 1 is 1.47 bits per heavy atom. The summed E-state index contributed by atoms with van der Waals surface area (Å²) in [6, 6.07) is 5.52. The van der Waals surface area contributed by atoms with E-state index in [2.05, 4.69) is 4.84 Å². The third kappa shape index (κ3) is 3.57. The highest BCUT2D eigenvalue weighted by Gasteiger charge is 2.16. The minimum Gasteiger partial charge on any atom is -0.486 e. The Morgan fingerprint density at radius 2 is 2.35 bits per heavy atom. The average molecular weight is 258 g/mol. The van der Waals surface area contributed by atoms with E-state index in [-0.39, 0.29) is 6.10 Å². The van der Waals surface area contributed by atoms with Crippen molar-refractivity contribution >= 4 is 11.6 Å². The van der Waals surface area contributed by atoms with E-state index >= 15 is 0 Å². The van der Waals surface area contributed by atoms with Gasteiger partial charge >= 0.3 is 0 Å². The van der Waals surface area contributed by atoms with Gasteiger partial charge in [-0.1, -0.05) is 17.7 Å². The molecule has 1 saturated heterocycles. The smallest absolute Gasteiger partial charge is 0.138 e. The quantitative estimate of drug-likeness (QED) is 0.841. The van der Waals surface area contributed by atoms with Crippen LogP contribution in [0.15, 0.2) is 18.2 Å². The Hall–Kier alpha value is -0.810. The normalized spacial score (nSPS) is 20.2. The van der Waals surface area contributed by atoms with Gasteiger partial charge in [0.2, 0.25) is 0 Å². The van der Waals surface area contributed by atoms with Gasteiger partial charge in [-0.15, -0.1) is 0 Å². The van der Waals surface area contributed by atoms with Crippen molar-refractivity contribution in [2.75, 3.05) is 13.2 Å². The van der Waals surface area contributed by atoms with Crippen LogP contribution in [0.5, 0.6) is 5.75 Å². The van der Waals surface area contributed by atoms with Crippen molar-refractivity contribution in [2.24, 2.45) is 5.90 Å². The molecule has 2 N–H and O–H groups in total. The third-order valence-corrected chi connectivity index (χ3v) is 2.95. The summed E-state index contributed by atoms with van der Waals surface area (Å²) in [5, 5.41) is 0.574. The van der Waals surface area contributed by atoms with Crippen molar-refractivity contribution in [3.63, 3.8) is 0 Å². The zero-order valence-corrected chi connectivity index (χ0v) is 10.3. The minimum atomic E-state index is 0.0952. The molecule has 0 aromatic heterocycles. The number of rotatable bonds is 4. The van der Waals surface area contributed by atoms with Crippen molar-refractivity contribution in [1.82, 2.24) is 0 Å². The summed E-state index contributed by atoms with van der Waals surface area (Å²) < 4.78 is 11.1. The molecular formula is C12H16ClNO3. The monoisotopic (exact) mass is 257 g/mol. The Kier molecular flexibility index (Phi) is 4.62. The molecule has 1 aliphatic rings. The highest BCUT2D eigenvalue weighted by atomic mass is 35.5. The standard InChI is InChI=1S/C12H16ClNO3/c13-11-6-9(7-16-14)3-4-12(11)17-10-2-1-5-15-8-10/h3-4,6,10H,1-2,5,7-8,14H2. The lowest BCUT2D eigenvalue weighted by molar-refractivity contribution is 0.00745. The Bertz CT molecular complexity index is 367. The molecule has 0 amide bonds. The van der Waals surface area contributed by atoms with Gasteiger partial charge in [0.1, 0.15) is 11.9 Å². The number of halogens is 1. The molecule has 1 aromatic carbocycles. The van der Waals surface area contributed by atoms with Crippen LogP contribution in [-0.4, -0.2) is 19.3 Å². The van der Waals surface area contributed by atoms with Crippen LogP contribution in [0.1, 0.15) is 18.4 Å². The van der Waals surface area contributed by atoms with Crippen LogP contribution in [0.25, 0.3) is 0 Å². The first-order valence-electron chi connectivity index (χ1n) is 5.64. The van der Waals surface area contributed by atoms with Gasteiger partial charge in [-0.3, -0.25) is 4.84 Å². The first kappa shape index (κ1) is 12.6. The minimum absolute atomic E-state index is 0.0952. The summed E-state index contributed by atoms with van der Waals surface area (Å²) in [6.45, 7) is 1.79. The second-order valence-corrected chi connectivity index (χ2v) is 4.44. The van der Waals surface area contributed by atoms with Crippen molar-refractivity contribution < 1.29 is 14.3 Å². The van der Waals surface area contributed by atoms with E-state index in [4.69, 9.17) is 27.0 Å². The van der Waals surface area contributed by atoms with Crippen LogP contribution < -0.4 is 10.6 Å². The van der Waals surface area contributed by atoms with Gasteiger partial charge in [-0.05, 0) is 30.5 Å². The summed E-state index contributed by atoms with van der Waals surface area (Å²) in [7, 11) is 0. The molecule has 0 aliphatic carbocycles. The maximum Gasteiger partial charge on any atom is 0.138 e. The van der Waals surface area contributed by atoms with Gasteiger partial charge in [-0.25, -0.2) is 5.90 Å². The number of hydrogen-bond donors (Lipinski definition) is 1. The summed E-state index contributed by atoms with van der Waals surface area (Å²) in [4.78, 5) is 4.55. The second kappa shape index (κ2) is 6.21. The number of benzene rings is 1. The average Bonchev–Trinajstić information content (AvgIpc) is 2.34. The molecule has 1 aliphatic heterocycles. The van der Waals surface area contributed by atoms with Crippen molar-refractivity contribution in [2.45, 2.75) is 25.6 Å². The van der Waals surface area contributed by atoms with Crippen LogP contribution in [0.3, 0.4) is 0 Å². The van der Waals surface area contributed by atoms with Gasteiger partial charge in [0, 0.05) is 6.61 Å². The predicted octanol–water partition coefficient (Wildman–Crippen LogP) is 2.29. The van der Waals surface area contributed by atoms with E-state index < -0.39 is 0 Å². The van der Waals surface area contributed by atoms with E-state index in [9.17, 15) is 0 Å². The zero-order chi connectivity index (χ0) is 12.1.